The number of carbonyl (C=O) groups is 1. The molecule has 27 heavy (non-hydrogen) atoms. The third kappa shape index (κ3) is 2.73. The lowest BCUT2D eigenvalue weighted by Gasteiger charge is -2.27. The molecule has 2 N–H and O–H groups in total. The first-order valence-electron chi connectivity index (χ1n) is 9.23. The molecule has 1 saturated carbocycles. The van der Waals surface area contributed by atoms with Gasteiger partial charge in [-0.1, -0.05) is 29.8 Å². The maximum Gasteiger partial charge on any atom is 0.253 e. The van der Waals surface area contributed by atoms with Crippen LogP contribution in [-0.4, -0.2) is 39.2 Å². The van der Waals surface area contributed by atoms with Crippen LogP contribution in [0.3, 0.4) is 0 Å². The molecule has 2 aliphatic rings. The third-order valence-electron chi connectivity index (χ3n) is 6.11. The molecular weight excluding hydrogens is 362 g/mol. The van der Waals surface area contributed by atoms with Gasteiger partial charge in [-0.15, -0.1) is 0 Å². The van der Waals surface area contributed by atoms with Crippen molar-refractivity contribution in [2.75, 3.05) is 13.1 Å². The summed E-state index contributed by atoms with van der Waals surface area (Å²) in [4.78, 5) is 14.7. The molecule has 1 aliphatic carbocycles. The second-order valence-corrected chi connectivity index (χ2v) is 8.26. The molecule has 2 fully saturated rings. The molecule has 3 atom stereocenters. The lowest BCUT2D eigenvalue weighted by atomic mass is 9.88. The van der Waals surface area contributed by atoms with E-state index in [4.69, 9.17) is 11.6 Å². The zero-order valence-electron chi connectivity index (χ0n) is 14.7. The number of nitrogens with one attached hydrogen (secondary N) is 1. The number of likely N-dealkylation sites (tertiary alicyclic amines) is 1. The number of carbonyl (C=O) groups excluding carboxylic acids is 1. The maximum atomic E-state index is 12.7. The zero-order chi connectivity index (χ0) is 18.6. The van der Waals surface area contributed by atoms with Gasteiger partial charge in [-0.2, -0.15) is 5.10 Å². The Morgan fingerprint density at radius 3 is 2.59 bits per heavy atom. The highest BCUT2D eigenvalue weighted by molar-refractivity contribution is 6.31. The molecule has 0 unspecified atom stereocenters. The van der Waals surface area contributed by atoms with E-state index < -0.39 is 5.60 Å². The SMILES string of the molecule is O=C(c1ccccc1)N1C[C@@H]2C[C@](O)(c3cc(Cl)cc4[nH]ncc34)C[C@@H]2C1. The van der Waals surface area contributed by atoms with Crippen molar-refractivity contribution in [2.45, 2.75) is 18.4 Å². The fourth-order valence-electron chi connectivity index (χ4n) is 4.90. The van der Waals surface area contributed by atoms with Crippen molar-refractivity contribution in [3.8, 4) is 0 Å². The van der Waals surface area contributed by atoms with E-state index in [-0.39, 0.29) is 5.91 Å². The Kier molecular flexibility index (Phi) is 3.78. The van der Waals surface area contributed by atoms with Crippen molar-refractivity contribution in [2.24, 2.45) is 11.8 Å². The normalized spacial score (nSPS) is 27.3. The average molecular weight is 382 g/mol. The molecule has 0 bridgehead atoms. The van der Waals surface area contributed by atoms with Gasteiger partial charge in [-0.3, -0.25) is 9.89 Å². The number of hydrogen-bond donors (Lipinski definition) is 2. The zero-order valence-corrected chi connectivity index (χ0v) is 15.5. The number of H-pyrrole nitrogens is 1. The Morgan fingerprint density at radius 1 is 1.19 bits per heavy atom. The van der Waals surface area contributed by atoms with E-state index in [9.17, 15) is 9.90 Å². The van der Waals surface area contributed by atoms with Crippen LogP contribution in [0.2, 0.25) is 5.02 Å². The number of halogens is 1. The van der Waals surface area contributed by atoms with Gasteiger partial charge in [-0.25, -0.2) is 0 Å². The van der Waals surface area contributed by atoms with Crippen molar-refractivity contribution >= 4 is 28.4 Å². The monoisotopic (exact) mass is 381 g/mol. The minimum absolute atomic E-state index is 0.0773. The Morgan fingerprint density at radius 2 is 1.89 bits per heavy atom. The largest absolute Gasteiger partial charge is 0.385 e. The van der Waals surface area contributed by atoms with E-state index >= 15 is 0 Å². The molecular formula is C21H20ClN3O2. The first-order chi connectivity index (χ1) is 13.0. The first kappa shape index (κ1) is 16.8. The number of aliphatic hydroxyl groups is 1. The van der Waals surface area contributed by atoms with Gasteiger partial charge in [0.25, 0.3) is 5.91 Å². The molecule has 1 aromatic heterocycles. The summed E-state index contributed by atoms with van der Waals surface area (Å²) in [6.07, 6.45) is 3.02. The summed E-state index contributed by atoms with van der Waals surface area (Å²) < 4.78 is 0. The smallest absolute Gasteiger partial charge is 0.253 e. The van der Waals surface area contributed by atoms with Gasteiger partial charge in [0, 0.05) is 29.1 Å². The van der Waals surface area contributed by atoms with Crippen LogP contribution < -0.4 is 0 Å². The van der Waals surface area contributed by atoms with E-state index in [0.29, 0.717) is 42.8 Å². The molecule has 138 valence electrons. The van der Waals surface area contributed by atoms with Gasteiger partial charge < -0.3 is 10.0 Å². The van der Waals surface area contributed by atoms with E-state index in [1.807, 2.05) is 47.4 Å². The maximum absolute atomic E-state index is 12.7. The van der Waals surface area contributed by atoms with Crippen molar-refractivity contribution in [1.29, 1.82) is 0 Å². The number of benzene rings is 2. The minimum Gasteiger partial charge on any atom is -0.385 e. The quantitative estimate of drug-likeness (QED) is 0.712. The summed E-state index contributed by atoms with van der Waals surface area (Å²) >= 11 is 6.26. The van der Waals surface area contributed by atoms with Gasteiger partial charge in [0.05, 0.1) is 17.3 Å². The highest BCUT2D eigenvalue weighted by Crippen LogP contribution is 2.50. The van der Waals surface area contributed by atoms with Crippen molar-refractivity contribution < 1.29 is 9.90 Å². The molecule has 5 nitrogen and oxygen atoms in total. The van der Waals surface area contributed by atoms with Crippen LogP contribution in [0.15, 0.2) is 48.7 Å². The van der Waals surface area contributed by atoms with Gasteiger partial charge in [0.1, 0.15) is 0 Å². The van der Waals surface area contributed by atoms with E-state index in [0.717, 1.165) is 22.0 Å². The van der Waals surface area contributed by atoms with E-state index in [2.05, 4.69) is 10.2 Å². The van der Waals surface area contributed by atoms with E-state index in [1.54, 1.807) is 6.20 Å². The molecule has 0 radical (unpaired) electrons. The lowest BCUT2D eigenvalue weighted by Crippen LogP contribution is -2.32. The molecule has 3 aromatic rings. The molecule has 2 heterocycles. The number of rotatable bonds is 2. The van der Waals surface area contributed by atoms with Crippen molar-refractivity contribution in [3.63, 3.8) is 0 Å². The summed E-state index contributed by atoms with van der Waals surface area (Å²) in [5, 5.41) is 20.0. The van der Waals surface area contributed by atoms with Gasteiger partial charge in [-0.05, 0) is 54.5 Å². The number of fused-ring (bicyclic) bond motifs is 2. The summed E-state index contributed by atoms with van der Waals surface area (Å²) in [7, 11) is 0. The molecule has 1 saturated heterocycles. The second kappa shape index (κ2) is 6.08. The van der Waals surface area contributed by atoms with Crippen LogP contribution in [-0.2, 0) is 5.60 Å². The Labute approximate surface area is 161 Å². The molecule has 6 heteroatoms. The van der Waals surface area contributed by atoms with Crippen LogP contribution in [0.4, 0.5) is 0 Å². The van der Waals surface area contributed by atoms with E-state index in [1.165, 1.54) is 0 Å². The van der Waals surface area contributed by atoms with Gasteiger partial charge in [0.2, 0.25) is 0 Å². The topological polar surface area (TPSA) is 69.2 Å². The molecule has 1 amide bonds. The number of hydrogen-bond acceptors (Lipinski definition) is 3. The van der Waals surface area contributed by atoms with Crippen LogP contribution in [0, 0.1) is 11.8 Å². The lowest BCUT2D eigenvalue weighted by molar-refractivity contribution is 0.0318. The fourth-order valence-corrected chi connectivity index (χ4v) is 5.12. The molecule has 1 aliphatic heterocycles. The highest BCUT2D eigenvalue weighted by Gasteiger charge is 2.50. The predicted molar refractivity (Wildman–Crippen MR) is 104 cm³/mol. The fraction of sp³-hybridized carbons (Fsp3) is 0.333. The van der Waals surface area contributed by atoms with Crippen LogP contribution in [0.25, 0.3) is 10.9 Å². The number of aromatic nitrogens is 2. The highest BCUT2D eigenvalue weighted by atomic mass is 35.5. The average Bonchev–Trinajstić information content (AvgIpc) is 3.34. The van der Waals surface area contributed by atoms with Gasteiger partial charge >= 0.3 is 0 Å². The summed E-state index contributed by atoms with van der Waals surface area (Å²) in [5.41, 5.74) is 1.48. The molecule has 2 aromatic carbocycles. The van der Waals surface area contributed by atoms with Crippen molar-refractivity contribution in [3.05, 3.63) is 64.8 Å². The van der Waals surface area contributed by atoms with Crippen LogP contribution in [0.5, 0.6) is 0 Å². The predicted octanol–water partition coefficient (Wildman–Crippen LogP) is 3.59. The molecule has 0 spiro atoms. The van der Waals surface area contributed by atoms with Crippen molar-refractivity contribution in [1.82, 2.24) is 15.1 Å². The summed E-state index contributed by atoms with van der Waals surface area (Å²) in [6, 6.07) is 13.1. The van der Waals surface area contributed by atoms with Crippen LogP contribution >= 0.6 is 11.6 Å². The second-order valence-electron chi connectivity index (χ2n) is 7.82. The van der Waals surface area contributed by atoms with Crippen LogP contribution in [0.1, 0.15) is 28.8 Å². The standard InChI is InChI=1S/C21H20ClN3O2/c22-16-6-18(17-10-23-24-19(17)7-16)21(27)8-14-11-25(12-15(14)9-21)20(26)13-4-2-1-3-5-13/h1-7,10,14-15,27H,8-9,11-12H2,(H,23,24)/t14-,15+,21+. The molecule has 5 rings (SSSR count). The Bertz CT molecular complexity index is 1000. The number of amides is 1. The Balaban J connectivity index is 1.39. The Hall–Kier alpha value is -2.37. The number of nitrogens with zero attached hydrogens (tertiary/aromatic N) is 2. The minimum atomic E-state index is -0.926. The number of aromatic amines is 1. The summed E-state index contributed by atoms with van der Waals surface area (Å²) in [5.74, 6) is 0.667. The summed E-state index contributed by atoms with van der Waals surface area (Å²) in [6.45, 7) is 1.38. The van der Waals surface area contributed by atoms with Gasteiger partial charge in [0.15, 0.2) is 0 Å². The first-order valence-corrected chi connectivity index (χ1v) is 9.61. The third-order valence-corrected chi connectivity index (χ3v) is 6.33.